The van der Waals surface area contributed by atoms with E-state index in [0.29, 0.717) is 0 Å². The second-order valence-corrected chi connectivity index (χ2v) is 7.55. The topological polar surface area (TPSA) is 61.4 Å². The molecule has 5 heteroatoms. The molecule has 152 valence electrons. The van der Waals surface area contributed by atoms with Crippen molar-refractivity contribution in [2.45, 2.75) is 33.2 Å². The van der Waals surface area contributed by atoms with E-state index in [9.17, 15) is 9.59 Å². The zero-order valence-electron chi connectivity index (χ0n) is 17.4. The predicted octanol–water partition coefficient (Wildman–Crippen LogP) is 3.54. The van der Waals surface area contributed by atoms with Crippen LogP contribution in [0.5, 0.6) is 0 Å². The second kappa shape index (κ2) is 9.52. The summed E-state index contributed by atoms with van der Waals surface area (Å²) in [6.07, 6.45) is 3.10. The van der Waals surface area contributed by atoms with Gasteiger partial charge >= 0.3 is 0 Å². The Labute approximate surface area is 172 Å². The van der Waals surface area contributed by atoms with Gasteiger partial charge in [0.15, 0.2) is 0 Å². The number of aryl methyl sites for hydroxylation is 2. The molecule has 0 aromatic heterocycles. The van der Waals surface area contributed by atoms with E-state index in [4.69, 9.17) is 0 Å². The van der Waals surface area contributed by atoms with Crippen molar-refractivity contribution >= 4 is 23.1 Å². The van der Waals surface area contributed by atoms with Crippen LogP contribution in [0, 0.1) is 13.8 Å². The monoisotopic (exact) mass is 391 g/mol. The van der Waals surface area contributed by atoms with Gasteiger partial charge in [-0.3, -0.25) is 14.5 Å². The van der Waals surface area contributed by atoms with E-state index >= 15 is 0 Å². The second-order valence-electron chi connectivity index (χ2n) is 7.55. The molecule has 2 aromatic carbocycles. The zero-order valence-corrected chi connectivity index (χ0v) is 17.4. The van der Waals surface area contributed by atoms with Crippen LogP contribution in [0.2, 0.25) is 0 Å². The maximum atomic E-state index is 12.5. The highest BCUT2D eigenvalue weighted by Crippen LogP contribution is 2.23. The van der Waals surface area contributed by atoms with Gasteiger partial charge in [0.2, 0.25) is 11.8 Å². The molecule has 0 fully saturated rings. The first kappa shape index (κ1) is 20.8. The molecule has 5 nitrogen and oxygen atoms in total. The lowest BCUT2D eigenvalue weighted by atomic mass is 9.99. The summed E-state index contributed by atoms with van der Waals surface area (Å²) >= 11 is 0. The normalized spacial score (nSPS) is 15.3. The molecule has 0 aliphatic carbocycles. The highest BCUT2D eigenvalue weighted by atomic mass is 16.2. The zero-order chi connectivity index (χ0) is 20.8. The summed E-state index contributed by atoms with van der Waals surface area (Å²) in [4.78, 5) is 26.9. The Morgan fingerprint density at radius 2 is 1.72 bits per heavy atom. The molecule has 1 atom stereocenters. The van der Waals surface area contributed by atoms with E-state index in [1.54, 1.807) is 0 Å². The lowest BCUT2D eigenvalue weighted by molar-refractivity contribution is -0.127. The van der Waals surface area contributed by atoms with Crippen LogP contribution in [0.4, 0.5) is 5.69 Å². The smallest absolute Gasteiger partial charge is 0.243 e. The highest BCUT2D eigenvalue weighted by molar-refractivity contribution is 5.96. The van der Waals surface area contributed by atoms with E-state index in [1.165, 1.54) is 11.1 Å². The Hall–Kier alpha value is -2.92. The van der Waals surface area contributed by atoms with Crippen molar-refractivity contribution in [3.8, 4) is 0 Å². The van der Waals surface area contributed by atoms with Gasteiger partial charge in [0, 0.05) is 18.8 Å². The first-order valence-corrected chi connectivity index (χ1v) is 10.1. The quantitative estimate of drug-likeness (QED) is 0.792. The molecule has 2 aromatic rings. The highest BCUT2D eigenvalue weighted by Gasteiger charge is 2.23. The fraction of sp³-hybridized carbons (Fsp3) is 0.333. The molecule has 1 aliphatic heterocycles. The van der Waals surface area contributed by atoms with Gasteiger partial charge in [-0.25, -0.2) is 0 Å². The van der Waals surface area contributed by atoms with Crippen molar-refractivity contribution in [3.05, 3.63) is 71.3 Å². The summed E-state index contributed by atoms with van der Waals surface area (Å²) in [5, 5.41) is 5.67. The number of para-hydroxylation sites is 1. The SMILES string of the molecule is Cc1cccc(C)c1NC(=O)CNC(=O)[C@@H](C)N1CC=C(c2ccccc2)CC1. The summed E-state index contributed by atoms with van der Waals surface area (Å²) in [5.41, 5.74) is 5.39. The standard InChI is InChI=1S/C24H29N3O2/c1-17-8-7-9-18(2)23(17)26-22(28)16-25-24(29)19(3)27-14-12-21(13-15-27)20-10-5-4-6-11-20/h4-12,19H,13-16H2,1-3H3,(H,25,29)(H,26,28)/t19-/m1/s1. The van der Waals surface area contributed by atoms with Gasteiger partial charge in [0.25, 0.3) is 0 Å². The third-order valence-electron chi connectivity index (χ3n) is 5.48. The average Bonchev–Trinajstić information content (AvgIpc) is 2.75. The first-order chi connectivity index (χ1) is 14.0. The molecule has 0 radical (unpaired) electrons. The molecule has 0 saturated heterocycles. The lowest BCUT2D eigenvalue weighted by Crippen LogP contribution is -2.48. The number of nitrogens with one attached hydrogen (secondary N) is 2. The molecule has 1 aliphatic rings. The maximum absolute atomic E-state index is 12.5. The number of amides is 2. The predicted molar refractivity (Wildman–Crippen MR) is 118 cm³/mol. The number of hydrogen-bond donors (Lipinski definition) is 2. The van der Waals surface area contributed by atoms with Gasteiger partial charge in [-0.1, -0.05) is 54.6 Å². The van der Waals surface area contributed by atoms with Crippen molar-refractivity contribution in [1.82, 2.24) is 10.2 Å². The Balaban J connectivity index is 1.50. The van der Waals surface area contributed by atoms with Crippen LogP contribution in [0.25, 0.3) is 5.57 Å². The van der Waals surface area contributed by atoms with E-state index in [0.717, 1.165) is 36.3 Å². The summed E-state index contributed by atoms with van der Waals surface area (Å²) in [6.45, 7) is 7.32. The number of hydrogen-bond acceptors (Lipinski definition) is 3. The van der Waals surface area contributed by atoms with Gasteiger partial charge in [-0.15, -0.1) is 0 Å². The van der Waals surface area contributed by atoms with Crippen LogP contribution >= 0.6 is 0 Å². The molecule has 1 heterocycles. The van der Waals surface area contributed by atoms with E-state index in [2.05, 4.69) is 33.7 Å². The molecule has 0 saturated carbocycles. The minimum absolute atomic E-state index is 0.0319. The molecule has 2 amide bonds. The van der Waals surface area contributed by atoms with Gasteiger partial charge in [-0.05, 0) is 49.5 Å². The van der Waals surface area contributed by atoms with Crippen LogP contribution in [0.15, 0.2) is 54.6 Å². The van der Waals surface area contributed by atoms with Crippen molar-refractivity contribution in [1.29, 1.82) is 0 Å². The number of nitrogens with zero attached hydrogens (tertiary/aromatic N) is 1. The van der Waals surface area contributed by atoms with Gasteiger partial charge < -0.3 is 10.6 Å². The molecule has 0 spiro atoms. The molecule has 0 bridgehead atoms. The Morgan fingerprint density at radius 3 is 2.34 bits per heavy atom. The summed E-state index contributed by atoms with van der Waals surface area (Å²) in [5.74, 6) is -0.342. The third kappa shape index (κ3) is 5.33. The summed E-state index contributed by atoms with van der Waals surface area (Å²) in [7, 11) is 0. The average molecular weight is 392 g/mol. The number of benzene rings is 2. The minimum Gasteiger partial charge on any atom is -0.346 e. The number of anilines is 1. The Morgan fingerprint density at radius 1 is 1.03 bits per heavy atom. The molecule has 29 heavy (non-hydrogen) atoms. The minimum atomic E-state index is -0.281. The maximum Gasteiger partial charge on any atom is 0.243 e. The first-order valence-electron chi connectivity index (χ1n) is 10.1. The third-order valence-corrected chi connectivity index (χ3v) is 5.48. The van der Waals surface area contributed by atoms with Crippen LogP contribution in [0.1, 0.15) is 30.0 Å². The van der Waals surface area contributed by atoms with E-state index < -0.39 is 0 Å². The van der Waals surface area contributed by atoms with Crippen molar-refractivity contribution in [2.75, 3.05) is 25.0 Å². The van der Waals surface area contributed by atoms with Crippen molar-refractivity contribution in [2.24, 2.45) is 0 Å². The molecular formula is C24H29N3O2. The van der Waals surface area contributed by atoms with Crippen molar-refractivity contribution < 1.29 is 9.59 Å². The van der Waals surface area contributed by atoms with Gasteiger partial charge in [-0.2, -0.15) is 0 Å². The molecule has 3 rings (SSSR count). The fourth-order valence-corrected chi connectivity index (χ4v) is 3.63. The van der Waals surface area contributed by atoms with Crippen LogP contribution in [-0.4, -0.2) is 42.4 Å². The van der Waals surface area contributed by atoms with Crippen LogP contribution < -0.4 is 10.6 Å². The fourth-order valence-electron chi connectivity index (χ4n) is 3.63. The largest absolute Gasteiger partial charge is 0.346 e. The van der Waals surface area contributed by atoms with Gasteiger partial charge in [0.1, 0.15) is 0 Å². The summed E-state index contributed by atoms with van der Waals surface area (Å²) < 4.78 is 0. The lowest BCUT2D eigenvalue weighted by Gasteiger charge is -2.31. The Kier molecular flexibility index (Phi) is 6.83. The number of rotatable bonds is 6. The molecule has 0 unspecified atom stereocenters. The van der Waals surface area contributed by atoms with Crippen LogP contribution in [-0.2, 0) is 9.59 Å². The van der Waals surface area contributed by atoms with Crippen LogP contribution in [0.3, 0.4) is 0 Å². The van der Waals surface area contributed by atoms with E-state index in [-0.39, 0.29) is 24.4 Å². The molecule has 2 N–H and O–H groups in total. The summed E-state index contributed by atoms with van der Waals surface area (Å²) in [6, 6.07) is 15.9. The molecular weight excluding hydrogens is 362 g/mol. The number of carbonyl (C=O) groups excluding carboxylic acids is 2. The van der Waals surface area contributed by atoms with E-state index in [1.807, 2.05) is 57.2 Å². The Bertz CT molecular complexity index is 885. The van der Waals surface area contributed by atoms with Gasteiger partial charge in [0.05, 0.1) is 12.6 Å². The van der Waals surface area contributed by atoms with Crippen molar-refractivity contribution in [3.63, 3.8) is 0 Å². The number of carbonyl (C=O) groups is 2.